The zero-order chi connectivity index (χ0) is 18.6. The summed E-state index contributed by atoms with van der Waals surface area (Å²) in [4.78, 5) is 22.5. The van der Waals surface area contributed by atoms with Gasteiger partial charge in [-0.3, -0.25) is 14.9 Å². The summed E-state index contributed by atoms with van der Waals surface area (Å²) in [6, 6.07) is 10.3. The number of carbonyl (C=O) groups is 1. The highest BCUT2D eigenvalue weighted by molar-refractivity contribution is 5.92. The molecule has 25 heavy (non-hydrogen) atoms. The highest BCUT2D eigenvalue weighted by Crippen LogP contribution is 2.24. The first kappa shape index (κ1) is 18.4. The van der Waals surface area contributed by atoms with Crippen LogP contribution in [0.5, 0.6) is 5.75 Å². The quantitative estimate of drug-likeness (QED) is 0.625. The molecule has 0 unspecified atom stereocenters. The fraction of sp³-hybridized carbons (Fsp3) is 0.316. The third-order valence-electron chi connectivity index (χ3n) is 3.92. The van der Waals surface area contributed by atoms with Gasteiger partial charge in [0.2, 0.25) is 0 Å². The SMILES string of the molecule is Cc1cc(OCC(=O)Nc2ccc(C)c([N+](=O)[O-])c2)ccc1C(C)C. The van der Waals surface area contributed by atoms with E-state index in [-0.39, 0.29) is 18.2 Å². The second kappa shape index (κ2) is 7.79. The van der Waals surface area contributed by atoms with Gasteiger partial charge < -0.3 is 10.1 Å². The van der Waals surface area contributed by atoms with Crippen LogP contribution in [-0.2, 0) is 4.79 Å². The summed E-state index contributed by atoms with van der Waals surface area (Å²) in [5, 5.41) is 13.6. The topological polar surface area (TPSA) is 81.5 Å². The summed E-state index contributed by atoms with van der Waals surface area (Å²) < 4.78 is 5.51. The van der Waals surface area contributed by atoms with Crippen molar-refractivity contribution in [2.24, 2.45) is 0 Å². The van der Waals surface area contributed by atoms with Crippen molar-refractivity contribution in [2.45, 2.75) is 33.6 Å². The molecule has 6 heteroatoms. The van der Waals surface area contributed by atoms with Crippen LogP contribution in [0.4, 0.5) is 11.4 Å². The molecular weight excluding hydrogens is 320 g/mol. The van der Waals surface area contributed by atoms with Gasteiger partial charge in [-0.25, -0.2) is 0 Å². The van der Waals surface area contributed by atoms with Crippen LogP contribution in [0, 0.1) is 24.0 Å². The van der Waals surface area contributed by atoms with E-state index in [1.165, 1.54) is 11.6 Å². The average molecular weight is 342 g/mol. The number of anilines is 1. The predicted molar refractivity (Wildman–Crippen MR) is 97.2 cm³/mol. The molecule has 1 N–H and O–H groups in total. The van der Waals surface area contributed by atoms with E-state index in [0.29, 0.717) is 22.9 Å². The highest BCUT2D eigenvalue weighted by atomic mass is 16.6. The Morgan fingerprint density at radius 3 is 2.48 bits per heavy atom. The summed E-state index contributed by atoms with van der Waals surface area (Å²) in [5.41, 5.74) is 3.24. The molecule has 0 saturated carbocycles. The van der Waals surface area contributed by atoms with Crippen LogP contribution in [0.15, 0.2) is 36.4 Å². The summed E-state index contributed by atoms with van der Waals surface area (Å²) in [6.45, 7) is 7.74. The maximum Gasteiger partial charge on any atom is 0.274 e. The van der Waals surface area contributed by atoms with Gasteiger partial charge in [0.15, 0.2) is 6.61 Å². The molecule has 0 fully saturated rings. The molecular formula is C19H22N2O4. The Labute approximate surface area is 147 Å². The summed E-state index contributed by atoms with van der Waals surface area (Å²) in [5.74, 6) is 0.672. The molecule has 0 aliphatic rings. The predicted octanol–water partition coefficient (Wildman–Crippen LogP) is 4.35. The molecule has 0 aliphatic carbocycles. The summed E-state index contributed by atoms with van der Waals surface area (Å²) >= 11 is 0. The minimum atomic E-state index is -0.472. The first-order valence-electron chi connectivity index (χ1n) is 8.06. The van der Waals surface area contributed by atoms with E-state index >= 15 is 0 Å². The smallest absolute Gasteiger partial charge is 0.274 e. The second-order valence-corrected chi connectivity index (χ2v) is 6.27. The summed E-state index contributed by atoms with van der Waals surface area (Å²) in [6.07, 6.45) is 0. The number of ether oxygens (including phenoxy) is 1. The van der Waals surface area contributed by atoms with Crippen molar-refractivity contribution in [3.8, 4) is 5.75 Å². The van der Waals surface area contributed by atoms with E-state index in [0.717, 1.165) is 5.56 Å². The molecule has 0 atom stereocenters. The number of hydrogen-bond donors (Lipinski definition) is 1. The Morgan fingerprint density at radius 2 is 1.88 bits per heavy atom. The molecule has 6 nitrogen and oxygen atoms in total. The number of rotatable bonds is 6. The van der Waals surface area contributed by atoms with Crippen molar-refractivity contribution in [3.63, 3.8) is 0 Å². The van der Waals surface area contributed by atoms with E-state index in [9.17, 15) is 14.9 Å². The number of nitro benzene ring substituents is 1. The van der Waals surface area contributed by atoms with Gasteiger partial charge in [0.1, 0.15) is 5.75 Å². The van der Waals surface area contributed by atoms with Crippen molar-refractivity contribution in [1.29, 1.82) is 0 Å². The minimum absolute atomic E-state index is 0.0291. The van der Waals surface area contributed by atoms with Crippen molar-refractivity contribution >= 4 is 17.3 Å². The maximum atomic E-state index is 12.0. The highest BCUT2D eigenvalue weighted by Gasteiger charge is 2.13. The molecule has 0 saturated heterocycles. The zero-order valence-electron chi connectivity index (χ0n) is 14.8. The van der Waals surface area contributed by atoms with Crippen LogP contribution in [-0.4, -0.2) is 17.4 Å². The van der Waals surface area contributed by atoms with Gasteiger partial charge in [0, 0.05) is 17.3 Å². The van der Waals surface area contributed by atoms with Crippen LogP contribution in [0.1, 0.15) is 36.5 Å². The third-order valence-corrected chi connectivity index (χ3v) is 3.92. The largest absolute Gasteiger partial charge is 0.484 e. The molecule has 2 aromatic carbocycles. The van der Waals surface area contributed by atoms with Crippen molar-refractivity contribution < 1.29 is 14.5 Å². The fourth-order valence-electron chi connectivity index (χ4n) is 2.62. The molecule has 0 radical (unpaired) electrons. The lowest BCUT2D eigenvalue weighted by Crippen LogP contribution is -2.20. The number of benzene rings is 2. The number of carbonyl (C=O) groups excluding carboxylic acids is 1. The molecule has 0 aromatic heterocycles. The lowest BCUT2D eigenvalue weighted by molar-refractivity contribution is -0.385. The van der Waals surface area contributed by atoms with Crippen LogP contribution in [0.2, 0.25) is 0 Å². The van der Waals surface area contributed by atoms with E-state index in [1.54, 1.807) is 19.1 Å². The number of amides is 1. The third kappa shape index (κ3) is 4.79. The Hall–Kier alpha value is -2.89. The first-order chi connectivity index (χ1) is 11.8. The summed E-state index contributed by atoms with van der Waals surface area (Å²) in [7, 11) is 0. The maximum absolute atomic E-state index is 12.0. The van der Waals surface area contributed by atoms with Crippen molar-refractivity contribution in [1.82, 2.24) is 0 Å². The van der Waals surface area contributed by atoms with Gasteiger partial charge in [0.05, 0.1) is 4.92 Å². The number of hydrogen-bond acceptors (Lipinski definition) is 4. The number of aryl methyl sites for hydroxylation is 2. The van der Waals surface area contributed by atoms with Crippen LogP contribution in [0.25, 0.3) is 0 Å². The Kier molecular flexibility index (Phi) is 5.75. The van der Waals surface area contributed by atoms with Gasteiger partial charge in [-0.15, -0.1) is 0 Å². The lowest BCUT2D eigenvalue weighted by Gasteiger charge is -2.12. The number of nitrogens with zero attached hydrogens (tertiary/aromatic N) is 1. The number of nitro groups is 1. The first-order valence-corrected chi connectivity index (χ1v) is 8.06. The van der Waals surface area contributed by atoms with Crippen molar-refractivity contribution in [2.75, 3.05) is 11.9 Å². The minimum Gasteiger partial charge on any atom is -0.484 e. The molecule has 1 amide bonds. The average Bonchev–Trinajstić information content (AvgIpc) is 2.54. The lowest BCUT2D eigenvalue weighted by atomic mass is 9.98. The fourth-order valence-corrected chi connectivity index (χ4v) is 2.62. The van der Waals surface area contributed by atoms with E-state index < -0.39 is 4.92 Å². The molecule has 0 heterocycles. The van der Waals surface area contributed by atoms with Gasteiger partial charge in [-0.1, -0.05) is 26.0 Å². The van der Waals surface area contributed by atoms with Gasteiger partial charge in [-0.2, -0.15) is 0 Å². The number of nitrogens with one attached hydrogen (secondary N) is 1. The van der Waals surface area contributed by atoms with E-state index in [4.69, 9.17) is 4.74 Å². The Morgan fingerprint density at radius 1 is 1.16 bits per heavy atom. The van der Waals surface area contributed by atoms with Crippen LogP contribution < -0.4 is 10.1 Å². The molecule has 0 bridgehead atoms. The molecule has 0 aliphatic heterocycles. The van der Waals surface area contributed by atoms with Crippen LogP contribution in [0.3, 0.4) is 0 Å². The molecule has 2 rings (SSSR count). The Balaban J connectivity index is 1.98. The van der Waals surface area contributed by atoms with Gasteiger partial charge in [0.25, 0.3) is 11.6 Å². The normalized spacial score (nSPS) is 10.6. The molecule has 0 spiro atoms. The Bertz CT molecular complexity index is 800. The van der Waals surface area contributed by atoms with Gasteiger partial charge >= 0.3 is 0 Å². The second-order valence-electron chi connectivity index (χ2n) is 6.27. The molecule has 2 aromatic rings. The van der Waals surface area contributed by atoms with Gasteiger partial charge in [-0.05, 0) is 49.1 Å². The van der Waals surface area contributed by atoms with E-state index in [1.807, 2.05) is 25.1 Å². The standard InChI is InChI=1S/C19H22N2O4/c1-12(2)17-8-7-16(9-14(17)4)25-11-19(22)20-15-6-5-13(3)18(10-15)21(23)24/h5-10,12H,11H2,1-4H3,(H,20,22). The van der Waals surface area contributed by atoms with E-state index in [2.05, 4.69) is 19.2 Å². The monoisotopic (exact) mass is 342 g/mol. The van der Waals surface area contributed by atoms with Crippen LogP contribution >= 0.6 is 0 Å². The van der Waals surface area contributed by atoms with Crippen molar-refractivity contribution in [3.05, 3.63) is 63.2 Å². The molecule has 132 valence electrons. The zero-order valence-corrected chi connectivity index (χ0v) is 14.8.